The van der Waals surface area contributed by atoms with Crippen molar-refractivity contribution in [3.63, 3.8) is 0 Å². The number of carbonyl (C=O) groups is 2. The van der Waals surface area contributed by atoms with E-state index >= 15 is 0 Å². The second-order valence-electron chi connectivity index (χ2n) is 3.60. The summed E-state index contributed by atoms with van der Waals surface area (Å²) in [6.07, 6.45) is 0. The number of carboxylic acids is 1. The number of carbonyl (C=O) groups excluding carboxylic acids is 1. The third-order valence-electron chi connectivity index (χ3n) is 1.96. The Labute approximate surface area is 109 Å². The van der Waals surface area contributed by atoms with Crippen molar-refractivity contribution in [1.82, 2.24) is 4.89 Å². The van der Waals surface area contributed by atoms with Crippen LogP contribution in [0.5, 0.6) is 0 Å². The Kier molecular flexibility index (Phi) is 4.98. The molecule has 1 amide bonds. The molecule has 1 aromatic carbocycles. The fourth-order valence-corrected chi connectivity index (χ4v) is 2.11. The summed E-state index contributed by atoms with van der Waals surface area (Å²) < 4.78 is 23.0. The maximum absolute atomic E-state index is 11.5. The molecule has 19 heavy (non-hydrogen) atoms. The quantitative estimate of drug-likeness (QED) is 0.563. The molecule has 0 aliphatic heterocycles. The monoisotopic (exact) mass is 288 g/mol. The first kappa shape index (κ1) is 15.1. The highest BCUT2D eigenvalue weighted by Gasteiger charge is 2.12. The molecule has 0 atom stereocenters. The van der Waals surface area contributed by atoms with Crippen molar-refractivity contribution in [1.29, 1.82) is 0 Å². The predicted octanol–water partition coefficient (Wildman–Crippen LogP) is -0.779. The second-order valence-corrected chi connectivity index (χ2v) is 5.28. The van der Waals surface area contributed by atoms with Gasteiger partial charge in [-0.25, -0.2) is 13.2 Å². The first-order valence-electron chi connectivity index (χ1n) is 5.02. The molecule has 0 aliphatic carbocycles. The summed E-state index contributed by atoms with van der Waals surface area (Å²) in [6.45, 7) is -0.572. The Morgan fingerprint density at radius 3 is 2.32 bits per heavy atom. The lowest BCUT2D eigenvalue weighted by Crippen LogP contribution is -2.30. The predicted molar refractivity (Wildman–Crippen MR) is 64.3 cm³/mol. The van der Waals surface area contributed by atoms with Gasteiger partial charge in [-0.1, -0.05) is 17.0 Å². The van der Waals surface area contributed by atoms with E-state index in [1.807, 2.05) is 0 Å². The molecule has 0 saturated heterocycles. The maximum atomic E-state index is 11.5. The standard InChI is InChI=1S/C10H12N2O6S/c11-9(13)5-18-12-19(16,17)6-7-1-3-8(4-2-7)10(14)15/h1-4,12H,5-6H2,(H2,11,13)(H,14,15). The SMILES string of the molecule is NC(=O)CONS(=O)(=O)Cc1ccc(C(=O)O)cc1. The lowest BCUT2D eigenvalue weighted by Gasteiger charge is -2.06. The van der Waals surface area contributed by atoms with E-state index in [9.17, 15) is 18.0 Å². The highest BCUT2D eigenvalue weighted by Crippen LogP contribution is 2.07. The van der Waals surface area contributed by atoms with Crippen molar-refractivity contribution in [2.24, 2.45) is 5.73 Å². The van der Waals surface area contributed by atoms with E-state index in [2.05, 4.69) is 4.84 Å². The molecule has 0 bridgehead atoms. The topological polar surface area (TPSA) is 136 Å². The van der Waals surface area contributed by atoms with Crippen molar-refractivity contribution in [3.8, 4) is 0 Å². The van der Waals surface area contributed by atoms with Crippen LogP contribution < -0.4 is 10.6 Å². The number of carboxylic acid groups (broad SMARTS) is 1. The smallest absolute Gasteiger partial charge is 0.335 e. The van der Waals surface area contributed by atoms with Gasteiger partial charge in [-0.05, 0) is 17.7 Å². The number of aromatic carboxylic acids is 1. The van der Waals surface area contributed by atoms with E-state index in [1.165, 1.54) is 24.3 Å². The molecule has 0 aromatic heterocycles. The maximum Gasteiger partial charge on any atom is 0.335 e. The summed E-state index contributed by atoms with van der Waals surface area (Å²) >= 11 is 0. The molecule has 8 nitrogen and oxygen atoms in total. The molecule has 1 rings (SSSR count). The molecule has 0 saturated carbocycles. The van der Waals surface area contributed by atoms with Gasteiger partial charge in [0.15, 0.2) is 0 Å². The Bertz CT molecular complexity index is 566. The normalized spacial score (nSPS) is 11.2. The largest absolute Gasteiger partial charge is 0.478 e. The van der Waals surface area contributed by atoms with Gasteiger partial charge in [0.1, 0.15) is 6.61 Å². The van der Waals surface area contributed by atoms with Crippen LogP contribution >= 0.6 is 0 Å². The van der Waals surface area contributed by atoms with Crippen molar-refractivity contribution < 1.29 is 28.0 Å². The summed E-state index contributed by atoms with van der Waals surface area (Å²) in [6, 6.07) is 5.32. The number of nitrogens with two attached hydrogens (primary N) is 1. The average molecular weight is 288 g/mol. The molecule has 1 aromatic rings. The number of hydrogen-bond acceptors (Lipinski definition) is 5. The lowest BCUT2D eigenvalue weighted by atomic mass is 10.1. The van der Waals surface area contributed by atoms with Crippen LogP contribution in [0.1, 0.15) is 15.9 Å². The van der Waals surface area contributed by atoms with Crippen LogP contribution in [0.15, 0.2) is 24.3 Å². The van der Waals surface area contributed by atoms with E-state index in [4.69, 9.17) is 10.8 Å². The molecule has 9 heteroatoms. The first-order chi connectivity index (χ1) is 8.80. The van der Waals surface area contributed by atoms with Crippen molar-refractivity contribution in [2.75, 3.05) is 6.61 Å². The molecule has 0 radical (unpaired) electrons. The van der Waals surface area contributed by atoms with E-state index in [0.717, 1.165) is 0 Å². The zero-order valence-corrected chi connectivity index (χ0v) is 10.5. The summed E-state index contributed by atoms with van der Waals surface area (Å²) in [7, 11) is -3.79. The zero-order chi connectivity index (χ0) is 14.5. The fraction of sp³-hybridized carbons (Fsp3) is 0.200. The van der Waals surface area contributed by atoms with Crippen LogP contribution in [-0.4, -0.2) is 32.0 Å². The van der Waals surface area contributed by atoms with Gasteiger partial charge in [0, 0.05) is 0 Å². The third kappa shape index (κ3) is 5.46. The van der Waals surface area contributed by atoms with Gasteiger partial charge in [0.05, 0.1) is 11.3 Å². The number of nitrogens with one attached hydrogen (secondary N) is 1. The minimum atomic E-state index is -3.79. The number of primary amides is 1. The number of sulfonamides is 1. The van der Waals surface area contributed by atoms with Gasteiger partial charge >= 0.3 is 5.97 Å². The minimum absolute atomic E-state index is 0.0547. The summed E-state index contributed by atoms with van der Waals surface area (Å²) in [5, 5.41) is 8.68. The number of benzene rings is 1. The first-order valence-corrected chi connectivity index (χ1v) is 6.67. The molecular weight excluding hydrogens is 276 g/mol. The second kappa shape index (κ2) is 6.27. The summed E-state index contributed by atoms with van der Waals surface area (Å²) in [5.41, 5.74) is 5.19. The van der Waals surface area contributed by atoms with E-state index < -0.39 is 34.3 Å². The molecule has 0 aliphatic rings. The number of amides is 1. The zero-order valence-electron chi connectivity index (χ0n) is 9.70. The molecule has 0 fully saturated rings. The fourth-order valence-electron chi connectivity index (χ4n) is 1.18. The Balaban J connectivity index is 2.62. The lowest BCUT2D eigenvalue weighted by molar-refractivity contribution is -0.123. The number of hydrogen-bond donors (Lipinski definition) is 3. The van der Waals surface area contributed by atoms with Gasteiger partial charge in [-0.3, -0.25) is 9.63 Å². The number of rotatable bonds is 7. The van der Waals surface area contributed by atoms with Gasteiger partial charge < -0.3 is 10.8 Å². The van der Waals surface area contributed by atoms with E-state index in [0.29, 0.717) is 5.56 Å². The molecule has 0 unspecified atom stereocenters. The highest BCUT2D eigenvalue weighted by molar-refractivity contribution is 7.88. The van der Waals surface area contributed by atoms with Gasteiger partial charge in [-0.2, -0.15) is 0 Å². The van der Waals surface area contributed by atoms with Gasteiger partial charge in [0.25, 0.3) is 0 Å². The van der Waals surface area contributed by atoms with E-state index in [-0.39, 0.29) is 5.56 Å². The van der Waals surface area contributed by atoms with Crippen LogP contribution in [0.3, 0.4) is 0 Å². The minimum Gasteiger partial charge on any atom is -0.478 e. The van der Waals surface area contributed by atoms with Crippen LogP contribution in [-0.2, 0) is 25.4 Å². The summed E-state index contributed by atoms with van der Waals surface area (Å²) in [4.78, 5) is 27.1. The molecular formula is C10H12N2O6S. The van der Waals surface area contributed by atoms with Crippen molar-refractivity contribution in [2.45, 2.75) is 5.75 Å². The van der Waals surface area contributed by atoms with Crippen molar-refractivity contribution >= 4 is 21.9 Å². The van der Waals surface area contributed by atoms with Crippen LogP contribution in [0.4, 0.5) is 0 Å². The average Bonchev–Trinajstić information content (AvgIpc) is 2.28. The van der Waals surface area contributed by atoms with Crippen molar-refractivity contribution in [3.05, 3.63) is 35.4 Å². The molecule has 0 heterocycles. The Morgan fingerprint density at radius 2 is 1.84 bits per heavy atom. The van der Waals surface area contributed by atoms with E-state index in [1.54, 1.807) is 4.89 Å². The Morgan fingerprint density at radius 1 is 1.26 bits per heavy atom. The van der Waals surface area contributed by atoms with Gasteiger partial charge in [0.2, 0.25) is 15.9 Å². The Hall–Kier alpha value is -1.97. The molecule has 4 N–H and O–H groups in total. The van der Waals surface area contributed by atoms with Crippen LogP contribution in [0.2, 0.25) is 0 Å². The molecule has 104 valence electrons. The van der Waals surface area contributed by atoms with Crippen LogP contribution in [0.25, 0.3) is 0 Å². The highest BCUT2D eigenvalue weighted by atomic mass is 32.2. The van der Waals surface area contributed by atoms with Crippen LogP contribution in [0, 0.1) is 0 Å². The third-order valence-corrected chi connectivity index (χ3v) is 3.04. The van der Waals surface area contributed by atoms with Gasteiger partial charge in [-0.15, -0.1) is 0 Å². The molecule has 0 spiro atoms. The summed E-state index contributed by atoms with van der Waals surface area (Å²) in [5.74, 6) is -2.32.